The lowest BCUT2D eigenvalue weighted by atomic mass is 9.96. The Morgan fingerprint density at radius 2 is 1.67 bits per heavy atom. The van der Waals surface area contributed by atoms with Gasteiger partial charge in [0.25, 0.3) is 5.91 Å². The van der Waals surface area contributed by atoms with E-state index in [0.29, 0.717) is 5.56 Å². The van der Waals surface area contributed by atoms with Gasteiger partial charge in [0.15, 0.2) is 5.78 Å². The summed E-state index contributed by atoms with van der Waals surface area (Å²) in [5.41, 5.74) is 2.45. The maximum atomic E-state index is 12.5. The van der Waals surface area contributed by atoms with Crippen molar-refractivity contribution >= 4 is 17.7 Å². The third-order valence-corrected chi connectivity index (χ3v) is 3.70. The number of carbonyl (C=O) groups excluding carboxylic acids is 3. The zero-order chi connectivity index (χ0) is 15.9. The lowest BCUT2D eigenvalue weighted by molar-refractivity contribution is -0.129. The number of hydrogen-bond donors (Lipinski definition) is 1. The summed E-state index contributed by atoms with van der Waals surface area (Å²) in [4.78, 5) is 37.4. The molecule has 0 radical (unpaired) electrons. The van der Waals surface area contributed by atoms with Crippen molar-refractivity contribution in [3.63, 3.8) is 0 Å². The van der Waals surface area contributed by atoms with Crippen LogP contribution in [0.5, 0.6) is 0 Å². The number of ketones is 1. The average molecular weight is 288 g/mol. The molecule has 1 aromatic rings. The molecule has 112 valence electrons. The van der Waals surface area contributed by atoms with Gasteiger partial charge in [-0.3, -0.25) is 14.5 Å². The molecule has 1 N–H and O–H groups in total. The van der Waals surface area contributed by atoms with E-state index in [0.717, 1.165) is 21.6 Å². The minimum atomic E-state index is -0.950. The molecule has 21 heavy (non-hydrogen) atoms. The number of nitrogens with one attached hydrogen (secondary N) is 1. The zero-order valence-corrected chi connectivity index (χ0v) is 13.0. The molecule has 0 saturated carbocycles. The molecular weight excluding hydrogens is 268 g/mol. The summed E-state index contributed by atoms with van der Waals surface area (Å²) < 4.78 is 0. The van der Waals surface area contributed by atoms with Gasteiger partial charge in [-0.15, -0.1) is 0 Å². The minimum absolute atomic E-state index is 0.216. The van der Waals surface area contributed by atoms with Gasteiger partial charge in [0.1, 0.15) is 5.54 Å². The molecule has 0 spiro atoms. The van der Waals surface area contributed by atoms with Crippen LogP contribution in [0.3, 0.4) is 0 Å². The second-order valence-corrected chi connectivity index (χ2v) is 6.14. The highest BCUT2D eigenvalue weighted by Gasteiger charge is 2.44. The van der Waals surface area contributed by atoms with E-state index in [1.54, 1.807) is 13.8 Å². The summed E-state index contributed by atoms with van der Waals surface area (Å²) in [6.07, 6.45) is 0. The van der Waals surface area contributed by atoms with Crippen molar-refractivity contribution in [3.05, 3.63) is 34.4 Å². The third-order valence-electron chi connectivity index (χ3n) is 3.70. The first-order valence-electron chi connectivity index (χ1n) is 6.88. The summed E-state index contributed by atoms with van der Waals surface area (Å²) in [6.45, 7) is 8.72. The molecule has 1 aliphatic rings. The minimum Gasteiger partial charge on any atom is -0.324 e. The van der Waals surface area contributed by atoms with Crippen LogP contribution in [0.4, 0.5) is 4.79 Å². The summed E-state index contributed by atoms with van der Waals surface area (Å²) in [5.74, 6) is -0.588. The number of Topliss-reactive ketones (excluding diaryl/α,β-unsaturated/α-hetero) is 1. The SMILES string of the molecule is Cc1cc(C)c(C(=O)CN2C(=O)NC(C)(C)C2=O)c(C)c1. The van der Waals surface area contributed by atoms with E-state index in [1.165, 1.54) is 0 Å². The molecule has 0 aromatic heterocycles. The fourth-order valence-corrected chi connectivity index (χ4v) is 2.80. The molecular formula is C16H20N2O3. The predicted molar refractivity (Wildman–Crippen MR) is 79.3 cm³/mol. The van der Waals surface area contributed by atoms with Crippen molar-refractivity contribution in [1.82, 2.24) is 10.2 Å². The molecule has 1 aliphatic heterocycles. The van der Waals surface area contributed by atoms with Crippen LogP contribution < -0.4 is 5.32 Å². The standard InChI is InChI=1S/C16H20N2O3/c1-9-6-10(2)13(11(3)7-9)12(19)8-18-14(20)16(4,5)17-15(18)21/h6-7H,8H2,1-5H3,(H,17,21). The van der Waals surface area contributed by atoms with Crippen LogP contribution in [0, 0.1) is 20.8 Å². The molecule has 5 nitrogen and oxygen atoms in total. The maximum absolute atomic E-state index is 12.5. The molecule has 0 aliphatic carbocycles. The second-order valence-electron chi connectivity index (χ2n) is 6.14. The van der Waals surface area contributed by atoms with Gasteiger partial charge in [0.2, 0.25) is 0 Å². The average Bonchev–Trinajstić information content (AvgIpc) is 2.50. The molecule has 1 aromatic carbocycles. The number of aryl methyl sites for hydroxylation is 3. The molecule has 2 rings (SSSR count). The lowest BCUT2D eigenvalue weighted by Gasteiger charge is -2.17. The summed E-state index contributed by atoms with van der Waals surface area (Å²) in [5, 5.41) is 2.57. The first-order valence-corrected chi connectivity index (χ1v) is 6.88. The van der Waals surface area contributed by atoms with Crippen LogP contribution in [0.2, 0.25) is 0 Å². The molecule has 1 fully saturated rings. The van der Waals surface area contributed by atoms with Crippen LogP contribution in [0.1, 0.15) is 40.9 Å². The van der Waals surface area contributed by atoms with Gasteiger partial charge in [-0.1, -0.05) is 17.7 Å². The normalized spacial score (nSPS) is 17.1. The van der Waals surface area contributed by atoms with Gasteiger partial charge in [-0.2, -0.15) is 0 Å². The van der Waals surface area contributed by atoms with E-state index in [1.807, 2.05) is 32.9 Å². The van der Waals surface area contributed by atoms with Crippen LogP contribution in [0.15, 0.2) is 12.1 Å². The molecule has 0 unspecified atom stereocenters. The maximum Gasteiger partial charge on any atom is 0.325 e. The Labute approximate surface area is 124 Å². The fourth-order valence-electron chi connectivity index (χ4n) is 2.80. The van der Waals surface area contributed by atoms with E-state index >= 15 is 0 Å². The van der Waals surface area contributed by atoms with E-state index in [9.17, 15) is 14.4 Å². The van der Waals surface area contributed by atoms with Crippen molar-refractivity contribution in [2.45, 2.75) is 40.2 Å². The molecule has 0 bridgehead atoms. The van der Waals surface area contributed by atoms with Crippen molar-refractivity contribution in [2.24, 2.45) is 0 Å². The van der Waals surface area contributed by atoms with Crippen molar-refractivity contribution in [2.75, 3.05) is 6.54 Å². The smallest absolute Gasteiger partial charge is 0.324 e. The number of rotatable bonds is 3. The quantitative estimate of drug-likeness (QED) is 0.684. The summed E-state index contributed by atoms with van der Waals surface area (Å²) in [7, 11) is 0. The Balaban J connectivity index is 2.28. The van der Waals surface area contributed by atoms with Gasteiger partial charge in [-0.25, -0.2) is 4.79 Å². The van der Waals surface area contributed by atoms with Gasteiger partial charge in [0, 0.05) is 5.56 Å². The Hall–Kier alpha value is -2.17. The van der Waals surface area contributed by atoms with Gasteiger partial charge < -0.3 is 5.32 Å². The number of nitrogens with zero attached hydrogens (tertiary/aromatic N) is 1. The molecule has 3 amide bonds. The van der Waals surface area contributed by atoms with Gasteiger partial charge >= 0.3 is 6.03 Å². The van der Waals surface area contributed by atoms with Crippen LogP contribution >= 0.6 is 0 Å². The summed E-state index contributed by atoms with van der Waals surface area (Å²) in [6, 6.07) is 3.34. The van der Waals surface area contributed by atoms with E-state index in [-0.39, 0.29) is 18.2 Å². The number of hydrogen-bond acceptors (Lipinski definition) is 3. The highest BCUT2D eigenvalue weighted by molar-refractivity contribution is 6.11. The van der Waals surface area contributed by atoms with Gasteiger partial charge in [0.05, 0.1) is 6.54 Å². The van der Waals surface area contributed by atoms with Gasteiger partial charge in [-0.05, 0) is 45.7 Å². The molecule has 1 heterocycles. The second kappa shape index (κ2) is 4.98. The molecule has 5 heteroatoms. The fraction of sp³-hybridized carbons (Fsp3) is 0.438. The molecule has 1 saturated heterocycles. The van der Waals surface area contributed by atoms with Crippen molar-refractivity contribution in [1.29, 1.82) is 0 Å². The van der Waals surface area contributed by atoms with Crippen LogP contribution in [-0.4, -0.2) is 34.7 Å². The largest absolute Gasteiger partial charge is 0.325 e. The highest BCUT2D eigenvalue weighted by atomic mass is 16.2. The van der Waals surface area contributed by atoms with E-state index < -0.39 is 11.6 Å². The summed E-state index contributed by atoms with van der Waals surface area (Å²) >= 11 is 0. The molecule has 0 atom stereocenters. The first-order chi connectivity index (χ1) is 9.63. The van der Waals surface area contributed by atoms with Crippen molar-refractivity contribution in [3.8, 4) is 0 Å². The van der Waals surface area contributed by atoms with Crippen molar-refractivity contribution < 1.29 is 14.4 Å². The van der Waals surface area contributed by atoms with E-state index in [2.05, 4.69) is 5.32 Å². The Morgan fingerprint density at radius 3 is 2.10 bits per heavy atom. The monoisotopic (exact) mass is 288 g/mol. The van der Waals surface area contributed by atoms with E-state index in [4.69, 9.17) is 0 Å². The number of carbonyl (C=O) groups is 3. The zero-order valence-electron chi connectivity index (χ0n) is 13.0. The highest BCUT2D eigenvalue weighted by Crippen LogP contribution is 2.20. The Kier molecular flexibility index (Phi) is 3.61. The Morgan fingerprint density at radius 1 is 1.14 bits per heavy atom. The lowest BCUT2D eigenvalue weighted by Crippen LogP contribution is -2.41. The predicted octanol–water partition coefficient (Wildman–Crippen LogP) is 2.12. The Bertz CT molecular complexity index is 624. The number of amides is 3. The third kappa shape index (κ3) is 2.68. The number of urea groups is 1. The topological polar surface area (TPSA) is 66.5 Å². The van der Waals surface area contributed by atoms with Crippen LogP contribution in [-0.2, 0) is 4.79 Å². The number of imide groups is 1. The van der Waals surface area contributed by atoms with Crippen LogP contribution in [0.25, 0.3) is 0 Å². The first kappa shape index (κ1) is 15.2. The number of benzene rings is 1.